The highest BCUT2D eigenvalue weighted by Gasteiger charge is 2.40. The average Bonchev–Trinajstić information content (AvgIpc) is 2.38. The van der Waals surface area contributed by atoms with Crippen LogP contribution >= 0.6 is 0 Å². The Morgan fingerprint density at radius 2 is 1.44 bits per heavy atom. The summed E-state index contributed by atoms with van der Waals surface area (Å²) < 4.78 is 0. The van der Waals surface area contributed by atoms with E-state index < -0.39 is 0 Å². The van der Waals surface area contributed by atoms with Crippen LogP contribution in [0, 0.1) is 11.3 Å². The standard InChI is InChI=1S/C17H33N/c1-16(2,3)18-14-17(12-8-5-9-13-17)15-10-6-4-7-11-15/h15,18H,4-14H2,1-3H3. The molecule has 1 N–H and O–H groups in total. The van der Waals surface area contributed by atoms with E-state index in [0.29, 0.717) is 5.41 Å². The zero-order valence-corrected chi connectivity index (χ0v) is 12.9. The number of hydrogen-bond acceptors (Lipinski definition) is 1. The summed E-state index contributed by atoms with van der Waals surface area (Å²) in [6, 6.07) is 0. The molecule has 2 rings (SSSR count). The Kier molecular flexibility index (Phi) is 4.75. The molecule has 1 heteroatoms. The second kappa shape index (κ2) is 5.94. The van der Waals surface area contributed by atoms with Gasteiger partial charge in [-0.2, -0.15) is 0 Å². The normalized spacial score (nSPS) is 26.2. The van der Waals surface area contributed by atoms with Crippen LogP contribution in [0.3, 0.4) is 0 Å². The van der Waals surface area contributed by atoms with Gasteiger partial charge in [-0.05, 0) is 57.8 Å². The van der Waals surface area contributed by atoms with Crippen molar-refractivity contribution < 1.29 is 0 Å². The Morgan fingerprint density at radius 3 is 2.00 bits per heavy atom. The van der Waals surface area contributed by atoms with Crippen LogP contribution in [0.1, 0.15) is 85.0 Å². The molecule has 2 aliphatic rings. The largest absolute Gasteiger partial charge is 0.312 e. The van der Waals surface area contributed by atoms with Crippen LogP contribution in [0.4, 0.5) is 0 Å². The van der Waals surface area contributed by atoms with Crippen molar-refractivity contribution in [2.45, 2.75) is 90.5 Å². The molecule has 0 aromatic carbocycles. The first-order valence-electron chi connectivity index (χ1n) is 8.27. The topological polar surface area (TPSA) is 12.0 Å². The fourth-order valence-electron chi connectivity index (χ4n) is 4.14. The minimum absolute atomic E-state index is 0.277. The fraction of sp³-hybridized carbons (Fsp3) is 1.00. The number of nitrogens with one attached hydrogen (secondary N) is 1. The van der Waals surface area contributed by atoms with E-state index in [4.69, 9.17) is 0 Å². The SMILES string of the molecule is CC(C)(C)NCC1(C2CCCCC2)CCCCC1. The zero-order chi connectivity index (χ0) is 13.1. The van der Waals surface area contributed by atoms with Crippen molar-refractivity contribution in [1.82, 2.24) is 5.32 Å². The molecule has 0 amide bonds. The van der Waals surface area contributed by atoms with Gasteiger partial charge < -0.3 is 5.32 Å². The van der Waals surface area contributed by atoms with Crippen molar-refractivity contribution in [2.24, 2.45) is 11.3 Å². The lowest BCUT2D eigenvalue weighted by molar-refractivity contribution is 0.0596. The van der Waals surface area contributed by atoms with Gasteiger partial charge in [0.2, 0.25) is 0 Å². The van der Waals surface area contributed by atoms with E-state index in [9.17, 15) is 0 Å². The van der Waals surface area contributed by atoms with Gasteiger partial charge in [-0.25, -0.2) is 0 Å². The molecular formula is C17H33N. The Bertz CT molecular complexity index is 239. The van der Waals surface area contributed by atoms with Crippen molar-refractivity contribution in [1.29, 1.82) is 0 Å². The van der Waals surface area contributed by atoms with E-state index in [2.05, 4.69) is 26.1 Å². The summed E-state index contributed by atoms with van der Waals surface area (Å²) in [6.45, 7) is 8.19. The number of rotatable bonds is 3. The molecule has 0 aromatic heterocycles. The predicted molar refractivity (Wildman–Crippen MR) is 79.8 cm³/mol. The van der Waals surface area contributed by atoms with Crippen LogP contribution in [0.15, 0.2) is 0 Å². The maximum absolute atomic E-state index is 3.83. The van der Waals surface area contributed by atoms with Crippen LogP contribution in [-0.4, -0.2) is 12.1 Å². The van der Waals surface area contributed by atoms with Crippen molar-refractivity contribution in [3.05, 3.63) is 0 Å². The summed E-state index contributed by atoms with van der Waals surface area (Å²) in [4.78, 5) is 0. The molecule has 1 nitrogen and oxygen atoms in total. The molecule has 2 fully saturated rings. The highest BCUT2D eigenvalue weighted by atomic mass is 15.0. The summed E-state index contributed by atoms with van der Waals surface area (Å²) in [6.07, 6.45) is 14.9. The van der Waals surface area contributed by atoms with Crippen LogP contribution in [0.2, 0.25) is 0 Å². The van der Waals surface area contributed by atoms with E-state index in [1.807, 2.05) is 0 Å². The van der Waals surface area contributed by atoms with Crippen LogP contribution < -0.4 is 5.32 Å². The van der Waals surface area contributed by atoms with E-state index in [0.717, 1.165) is 5.92 Å². The monoisotopic (exact) mass is 251 g/mol. The molecule has 0 spiro atoms. The van der Waals surface area contributed by atoms with Crippen molar-refractivity contribution >= 4 is 0 Å². The molecule has 0 aliphatic heterocycles. The minimum Gasteiger partial charge on any atom is -0.312 e. The summed E-state index contributed by atoms with van der Waals surface area (Å²) in [5.74, 6) is 1.02. The van der Waals surface area contributed by atoms with Gasteiger partial charge in [0.25, 0.3) is 0 Å². The van der Waals surface area contributed by atoms with E-state index in [1.165, 1.54) is 70.8 Å². The quantitative estimate of drug-likeness (QED) is 0.752. The fourth-order valence-corrected chi connectivity index (χ4v) is 4.14. The van der Waals surface area contributed by atoms with Crippen LogP contribution in [-0.2, 0) is 0 Å². The molecular weight excluding hydrogens is 218 g/mol. The van der Waals surface area contributed by atoms with Crippen LogP contribution in [0.25, 0.3) is 0 Å². The van der Waals surface area contributed by atoms with E-state index >= 15 is 0 Å². The average molecular weight is 251 g/mol. The van der Waals surface area contributed by atoms with Gasteiger partial charge in [-0.1, -0.05) is 38.5 Å². The molecule has 0 aromatic rings. The Labute approximate surface area is 114 Å². The summed E-state index contributed by atoms with van der Waals surface area (Å²) >= 11 is 0. The minimum atomic E-state index is 0.277. The first-order chi connectivity index (χ1) is 8.52. The molecule has 106 valence electrons. The molecule has 18 heavy (non-hydrogen) atoms. The predicted octanol–water partition coefficient (Wildman–Crippen LogP) is 4.91. The van der Waals surface area contributed by atoms with Gasteiger partial charge in [-0.3, -0.25) is 0 Å². The Balaban J connectivity index is 2.01. The second-order valence-corrected chi connectivity index (χ2v) is 7.86. The third-order valence-electron chi connectivity index (χ3n) is 5.29. The van der Waals surface area contributed by atoms with Gasteiger partial charge in [0, 0.05) is 12.1 Å². The van der Waals surface area contributed by atoms with Gasteiger partial charge in [0.15, 0.2) is 0 Å². The molecule has 2 aliphatic carbocycles. The molecule has 0 saturated heterocycles. The van der Waals surface area contributed by atoms with Gasteiger partial charge in [-0.15, -0.1) is 0 Å². The summed E-state index contributed by atoms with van der Waals surface area (Å²) in [5.41, 5.74) is 0.922. The van der Waals surface area contributed by atoms with E-state index in [-0.39, 0.29) is 5.54 Å². The van der Waals surface area contributed by atoms with Crippen molar-refractivity contribution in [2.75, 3.05) is 6.54 Å². The Hall–Kier alpha value is -0.0400. The lowest BCUT2D eigenvalue weighted by Crippen LogP contribution is -2.48. The summed E-state index contributed by atoms with van der Waals surface area (Å²) in [5, 5.41) is 3.83. The first-order valence-corrected chi connectivity index (χ1v) is 8.27. The summed E-state index contributed by atoms with van der Waals surface area (Å²) in [7, 11) is 0. The maximum Gasteiger partial charge on any atom is 0.00967 e. The lowest BCUT2D eigenvalue weighted by Gasteiger charge is -2.47. The molecule has 0 bridgehead atoms. The molecule has 0 unspecified atom stereocenters. The Morgan fingerprint density at radius 1 is 0.889 bits per heavy atom. The highest BCUT2D eigenvalue weighted by molar-refractivity contribution is 4.93. The van der Waals surface area contributed by atoms with Crippen molar-refractivity contribution in [3.63, 3.8) is 0 Å². The lowest BCUT2D eigenvalue weighted by atomic mass is 9.61. The van der Waals surface area contributed by atoms with Gasteiger partial charge in [0.05, 0.1) is 0 Å². The smallest absolute Gasteiger partial charge is 0.00967 e. The van der Waals surface area contributed by atoms with Gasteiger partial charge >= 0.3 is 0 Å². The van der Waals surface area contributed by atoms with Gasteiger partial charge in [0.1, 0.15) is 0 Å². The number of hydrogen-bond donors (Lipinski definition) is 1. The first kappa shape index (κ1) is 14.4. The van der Waals surface area contributed by atoms with Crippen molar-refractivity contribution in [3.8, 4) is 0 Å². The second-order valence-electron chi connectivity index (χ2n) is 7.86. The molecule has 0 atom stereocenters. The molecule has 0 heterocycles. The van der Waals surface area contributed by atoms with E-state index in [1.54, 1.807) is 0 Å². The highest BCUT2D eigenvalue weighted by Crippen LogP contribution is 2.48. The molecule has 0 radical (unpaired) electrons. The molecule has 2 saturated carbocycles. The third kappa shape index (κ3) is 3.73. The van der Waals surface area contributed by atoms with Crippen LogP contribution in [0.5, 0.6) is 0 Å². The zero-order valence-electron chi connectivity index (χ0n) is 12.9. The third-order valence-corrected chi connectivity index (χ3v) is 5.29. The maximum atomic E-state index is 3.83.